The van der Waals surface area contributed by atoms with Gasteiger partial charge in [-0.3, -0.25) is 0 Å². The molecule has 9 heavy (non-hydrogen) atoms. The van der Waals surface area contributed by atoms with Crippen LogP contribution in [0.25, 0.3) is 0 Å². The Kier molecular flexibility index (Phi) is 2.99. The molecule has 0 radical (unpaired) electrons. The molecule has 1 N–H and O–H groups in total. The molecule has 0 unspecified atom stereocenters. The Morgan fingerprint density at radius 2 is 2.33 bits per heavy atom. The maximum absolute atomic E-state index is 4.08. The van der Waals surface area contributed by atoms with Crippen LogP contribution in [0.1, 0.15) is 25.7 Å². The summed E-state index contributed by atoms with van der Waals surface area (Å²) in [6, 6.07) is 0. The minimum atomic E-state index is 0. The van der Waals surface area contributed by atoms with Crippen LogP contribution >= 0.6 is 0 Å². The van der Waals surface area contributed by atoms with E-state index >= 15 is 0 Å². The largest absolute Gasteiger partial charge is 0.348 e. The average Bonchev–Trinajstić information content (AvgIpc) is 2.14. The minimum Gasteiger partial charge on any atom is -0.348 e. The van der Waals surface area contributed by atoms with Crippen LogP contribution in [-0.2, 0) is 6.42 Å². The van der Waals surface area contributed by atoms with Gasteiger partial charge >= 0.3 is 0 Å². The molecule has 0 spiro atoms. The Morgan fingerprint density at radius 1 is 1.67 bits per heavy atom. The number of rotatable bonds is 1. The smallest absolute Gasteiger partial charge is 0.0925 e. The molecule has 0 aliphatic carbocycles. The first kappa shape index (κ1) is 8.21. The van der Waals surface area contributed by atoms with Crippen molar-refractivity contribution >= 4 is 0 Å². The third kappa shape index (κ3) is 1.56. The molecule has 1 heterocycles. The summed E-state index contributed by atoms with van der Waals surface area (Å²) in [5.74, 6) is 0. The molecule has 2 nitrogen and oxygen atoms in total. The maximum atomic E-state index is 4.08. The SMILES string of the molecule is C.CCc1nc[nH]c1C. The Balaban J connectivity index is 0.000000640. The van der Waals surface area contributed by atoms with E-state index in [2.05, 4.69) is 16.9 Å². The lowest BCUT2D eigenvalue weighted by Crippen LogP contribution is -1.81. The predicted molar refractivity (Wildman–Crippen MR) is 39.4 cm³/mol. The van der Waals surface area contributed by atoms with Crippen molar-refractivity contribution in [3.05, 3.63) is 17.7 Å². The fourth-order valence-corrected chi connectivity index (χ4v) is 0.744. The molecule has 0 atom stereocenters. The van der Waals surface area contributed by atoms with E-state index in [0.717, 1.165) is 6.42 Å². The van der Waals surface area contributed by atoms with Gasteiger partial charge in [-0.25, -0.2) is 4.98 Å². The molecule has 0 aliphatic heterocycles. The summed E-state index contributed by atoms with van der Waals surface area (Å²) >= 11 is 0. The monoisotopic (exact) mass is 126 g/mol. The second-order valence-electron chi connectivity index (χ2n) is 1.83. The van der Waals surface area contributed by atoms with Gasteiger partial charge < -0.3 is 4.98 Å². The number of aromatic amines is 1. The Bertz CT molecular complexity index is 167. The summed E-state index contributed by atoms with van der Waals surface area (Å²) in [6.45, 7) is 4.13. The zero-order valence-electron chi connectivity index (χ0n) is 5.23. The van der Waals surface area contributed by atoms with Crippen LogP contribution in [0.5, 0.6) is 0 Å². The highest BCUT2D eigenvalue weighted by molar-refractivity contribution is 5.07. The normalized spacial score (nSPS) is 8.67. The molecule has 52 valence electrons. The Labute approximate surface area is 56.3 Å². The van der Waals surface area contributed by atoms with Crippen molar-refractivity contribution in [2.24, 2.45) is 0 Å². The van der Waals surface area contributed by atoms with E-state index in [1.165, 1.54) is 11.4 Å². The Morgan fingerprint density at radius 3 is 2.56 bits per heavy atom. The fourth-order valence-electron chi connectivity index (χ4n) is 0.744. The van der Waals surface area contributed by atoms with E-state index in [0.29, 0.717) is 0 Å². The number of imidazole rings is 1. The molecular formula is C7H14N2. The highest BCUT2D eigenvalue weighted by Crippen LogP contribution is 1.98. The van der Waals surface area contributed by atoms with Crippen molar-refractivity contribution in [1.82, 2.24) is 9.97 Å². The molecule has 0 saturated heterocycles. The van der Waals surface area contributed by atoms with Crippen molar-refractivity contribution < 1.29 is 0 Å². The quantitative estimate of drug-likeness (QED) is 0.611. The number of nitrogens with one attached hydrogen (secondary N) is 1. The summed E-state index contributed by atoms with van der Waals surface area (Å²) < 4.78 is 0. The zero-order chi connectivity index (χ0) is 5.98. The van der Waals surface area contributed by atoms with Crippen LogP contribution in [0.3, 0.4) is 0 Å². The Hall–Kier alpha value is -0.790. The number of H-pyrrole nitrogens is 1. The zero-order valence-corrected chi connectivity index (χ0v) is 5.23. The van der Waals surface area contributed by atoms with E-state index in [1.807, 2.05) is 6.92 Å². The first-order chi connectivity index (χ1) is 3.84. The second kappa shape index (κ2) is 3.28. The highest BCUT2D eigenvalue weighted by Gasteiger charge is 1.93. The van der Waals surface area contributed by atoms with Gasteiger partial charge in [0.25, 0.3) is 0 Å². The molecule has 1 aromatic heterocycles. The summed E-state index contributed by atoms with van der Waals surface area (Å²) in [4.78, 5) is 7.09. The van der Waals surface area contributed by atoms with Gasteiger partial charge in [-0.05, 0) is 13.3 Å². The number of aromatic nitrogens is 2. The molecule has 0 bridgehead atoms. The van der Waals surface area contributed by atoms with Gasteiger partial charge in [0.1, 0.15) is 0 Å². The molecule has 0 aromatic carbocycles. The van der Waals surface area contributed by atoms with Gasteiger partial charge in [-0.1, -0.05) is 14.4 Å². The number of hydrogen-bond acceptors (Lipinski definition) is 1. The molecule has 1 aromatic rings. The average molecular weight is 126 g/mol. The van der Waals surface area contributed by atoms with Gasteiger partial charge in [0, 0.05) is 5.69 Å². The van der Waals surface area contributed by atoms with Crippen LogP contribution < -0.4 is 0 Å². The molecule has 0 fully saturated rings. The highest BCUT2D eigenvalue weighted by atomic mass is 14.9. The van der Waals surface area contributed by atoms with E-state index in [-0.39, 0.29) is 7.43 Å². The minimum absolute atomic E-state index is 0. The molecule has 0 amide bonds. The van der Waals surface area contributed by atoms with Crippen molar-refractivity contribution in [2.75, 3.05) is 0 Å². The summed E-state index contributed by atoms with van der Waals surface area (Å²) in [5.41, 5.74) is 2.36. The number of hydrogen-bond donors (Lipinski definition) is 1. The van der Waals surface area contributed by atoms with Crippen molar-refractivity contribution in [3.8, 4) is 0 Å². The standard InChI is InChI=1S/C6H10N2.CH4/c1-3-6-5(2)7-4-8-6;/h4H,3H2,1-2H3,(H,7,8);1H4. The third-order valence-corrected chi connectivity index (χ3v) is 1.27. The first-order valence-corrected chi connectivity index (χ1v) is 2.83. The first-order valence-electron chi connectivity index (χ1n) is 2.83. The number of aryl methyl sites for hydroxylation is 2. The molecule has 2 heteroatoms. The molecule has 1 rings (SSSR count). The van der Waals surface area contributed by atoms with E-state index in [4.69, 9.17) is 0 Å². The third-order valence-electron chi connectivity index (χ3n) is 1.27. The van der Waals surface area contributed by atoms with E-state index in [1.54, 1.807) is 6.33 Å². The maximum Gasteiger partial charge on any atom is 0.0925 e. The summed E-state index contributed by atoms with van der Waals surface area (Å²) in [7, 11) is 0. The molecule has 0 saturated carbocycles. The van der Waals surface area contributed by atoms with E-state index in [9.17, 15) is 0 Å². The van der Waals surface area contributed by atoms with Crippen LogP contribution in [0, 0.1) is 6.92 Å². The second-order valence-corrected chi connectivity index (χ2v) is 1.83. The summed E-state index contributed by atoms with van der Waals surface area (Å²) in [6.07, 6.45) is 2.75. The molecular weight excluding hydrogens is 112 g/mol. The number of nitrogens with zero attached hydrogens (tertiary/aromatic N) is 1. The summed E-state index contributed by atoms with van der Waals surface area (Å²) in [5, 5.41) is 0. The van der Waals surface area contributed by atoms with Crippen LogP contribution in [-0.4, -0.2) is 9.97 Å². The van der Waals surface area contributed by atoms with Crippen molar-refractivity contribution in [1.29, 1.82) is 0 Å². The van der Waals surface area contributed by atoms with Gasteiger partial charge in [0.2, 0.25) is 0 Å². The molecule has 0 aliphatic rings. The van der Waals surface area contributed by atoms with Gasteiger partial charge in [0.05, 0.1) is 12.0 Å². The van der Waals surface area contributed by atoms with E-state index < -0.39 is 0 Å². The fraction of sp³-hybridized carbons (Fsp3) is 0.571. The van der Waals surface area contributed by atoms with Crippen LogP contribution in [0.4, 0.5) is 0 Å². The van der Waals surface area contributed by atoms with Gasteiger partial charge in [0.15, 0.2) is 0 Å². The predicted octanol–water partition coefficient (Wildman–Crippen LogP) is 1.92. The van der Waals surface area contributed by atoms with Crippen LogP contribution in [0.2, 0.25) is 0 Å². The van der Waals surface area contributed by atoms with Gasteiger partial charge in [-0.15, -0.1) is 0 Å². The lowest BCUT2D eigenvalue weighted by Gasteiger charge is -1.86. The van der Waals surface area contributed by atoms with Crippen molar-refractivity contribution in [3.63, 3.8) is 0 Å². The van der Waals surface area contributed by atoms with Crippen LogP contribution in [0.15, 0.2) is 6.33 Å². The lowest BCUT2D eigenvalue weighted by atomic mass is 10.3. The topological polar surface area (TPSA) is 28.7 Å². The lowest BCUT2D eigenvalue weighted by molar-refractivity contribution is 1.04. The van der Waals surface area contributed by atoms with Gasteiger partial charge in [-0.2, -0.15) is 0 Å². The van der Waals surface area contributed by atoms with Crippen molar-refractivity contribution in [2.45, 2.75) is 27.7 Å².